The molecule has 0 aliphatic carbocycles. The van der Waals surface area contributed by atoms with Gasteiger partial charge in [0.2, 0.25) is 0 Å². The van der Waals surface area contributed by atoms with Crippen LogP contribution >= 0.6 is 0 Å². The summed E-state index contributed by atoms with van der Waals surface area (Å²) in [7, 11) is 0. The van der Waals surface area contributed by atoms with Crippen LogP contribution in [0.2, 0.25) is 0 Å². The van der Waals surface area contributed by atoms with E-state index in [1.54, 1.807) is 12.1 Å². The lowest BCUT2D eigenvalue weighted by atomic mass is 10.2. The summed E-state index contributed by atoms with van der Waals surface area (Å²) in [5.74, 6) is 0. The molecule has 1 aromatic heterocycles. The number of hydrogen-bond acceptors (Lipinski definition) is 2. The molecule has 3 heteroatoms. The molecule has 0 aliphatic rings. The topological polar surface area (TPSA) is 41.6 Å². The zero-order valence-electron chi connectivity index (χ0n) is 8.96. The predicted octanol–water partition coefficient (Wildman–Crippen LogP) is 2.70. The van der Waals surface area contributed by atoms with E-state index in [1.165, 1.54) is 0 Å². The van der Waals surface area contributed by atoms with E-state index in [0.717, 1.165) is 16.7 Å². The third kappa shape index (κ3) is 1.56. The fourth-order valence-electron chi connectivity index (χ4n) is 1.79. The van der Waals surface area contributed by atoms with Gasteiger partial charge in [0.1, 0.15) is 0 Å². The minimum atomic E-state index is 0.651. The second-order valence-corrected chi connectivity index (χ2v) is 3.69. The highest BCUT2D eigenvalue weighted by molar-refractivity contribution is 5.76. The number of hydrogen-bond donors (Lipinski definition) is 0. The molecule has 3 aromatic rings. The third-order valence-corrected chi connectivity index (χ3v) is 2.65. The van der Waals surface area contributed by atoms with Crippen molar-refractivity contribution in [3.63, 3.8) is 0 Å². The van der Waals surface area contributed by atoms with Crippen LogP contribution in [0.15, 0.2) is 48.5 Å². The summed E-state index contributed by atoms with van der Waals surface area (Å²) in [6.07, 6.45) is 2.95. The molecule has 0 amide bonds. The van der Waals surface area contributed by atoms with Gasteiger partial charge >= 0.3 is 0 Å². The van der Waals surface area contributed by atoms with Crippen LogP contribution in [0.3, 0.4) is 0 Å². The summed E-state index contributed by atoms with van der Waals surface area (Å²) < 4.78 is 1.89. The number of nitrogens with zero attached hydrogens (tertiary/aromatic N) is 3. The second-order valence-electron chi connectivity index (χ2n) is 3.69. The number of benzene rings is 2. The smallest absolute Gasteiger partial charge is 0.182 e. The molecule has 79 valence electrons. The Kier molecular flexibility index (Phi) is 2.13. The first-order chi connectivity index (χ1) is 8.38. The summed E-state index contributed by atoms with van der Waals surface area (Å²) in [4.78, 5) is 4.21. The Morgan fingerprint density at radius 1 is 1.06 bits per heavy atom. The van der Waals surface area contributed by atoms with E-state index >= 15 is 0 Å². The van der Waals surface area contributed by atoms with Crippen molar-refractivity contribution >= 4 is 11.0 Å². The fourth-order valence-corrected chi connectivity index (χ4v) is 1.79. The van der Waals surface area contributed by atoms with Gasteiger partial charge in [-0.15, -0.1) is 0 Å². The van der Waals surface area contributed by atoms with Gasteiger partial charge in [-0.1, -0.05) is 12.1 Å². The van der Waals surface area contributed by atoms with Gasteiger partial charge in [-0.3, -0.25) is 4.57 Å². The maximum atomic E-state index is 8.75. The predicted molar refractivity (Wildman–Crippen MR) is 64.6 cm³/mol. The van der Waals surface area contributed by atoms with Gasteiger partial charge < -0.3 is 0 Å². The summed E-state index contributed by atoms with van der Waals surface area (Å²) in [6.45, 7) is 0. The van der Waals surface area contributed by atoms with Crippen LogP contribution < -0.4 is 0 Å². The SMILES string of the molecule is N#Cc1ccc(-n2[c]nc3ccccc32)cc1. The van der Waals surface area contributed by atoms with Crippen molar-refractivity contribution in [2.75, 3.05) is 0 Å². The maximum absolute atomic E-state index is 8.75. The van der Waals surface area contributed by atoms with Crippen molar-refractivity contribution in [3.05, 3.63) is 60.4 Å². The molecule has 0 atom stereocenters. The van der Waals surface area contributed by atoms with Crippen molar-refractivity contribution < 1.29 is 0 Å². The van der Waals surface area contributed by atoms with Crippen molar-refractivity contribution in [1.82, 2.24) is 9.55 Å². The van der Waals surface area contributed by atoms with Crippen LogP contribution in [-0.4, -0.2) is 9.55 Å². The molecule has 17 heavy (non-hydrogen) atoms. The molecular weight excluding hydrogens is 210 g/mol. The molecule has 3 rings (SSSR count). The fraction of sp³-hybridized carbons (Fsp3) is 0. The van der Waals surface area contributed by atoms with Gasteiger partial charge in [0.05, 0.1) is 22.7 Å². The lowest BCUT2D eigenvalue weighted by Crippen LogP contribution is -1.91. The molecule has 1 radical (unpaired) electrons. The Bertz CT molecular complexity index is 702. The minimum Gasteiger partial charge on any atom is -0.290 e. The lowest BCUT2D eigenvalue weighted by molar-refractivity contribution is 1.08. The van der Waals surface area contributed by atoms with E-state index in [4.69, 9.17) is 5.26 Å². The molecule has 0 bridgehead atoms. The highest BCUT2D eigenvalue weighted by Crippen LogP contribution is 2.17. The average Bonchev–Trinajstić information content (AvgIpc) is 2.83. The Hall–Kier alpha value is -2.60. The van der Waals surface area contributed by atoms with Crippen molar-refractivity contribution in [3.8, 4) is 11.8 Å². The average molecular weight is 218 g/mol. The molecule has 3 nitrogen and oxygen atoms in total. The van der Waals surface area contributed by atoms with Crippen LogP contribution in [0.5, 0.6) is 0 Å². The van der Waals surface area contributed by atoms with Gasteiger partial charge in [0.25, 0.3) is 0 Å². The molecule has 0 fully saturated rings. The number of fused-ring (bicyclic) bond motifs is 1. The molecule has 0 saturated carbocycles. The summed E-state index contributed by atoms with van der Waals surface area (Å²) in [5, 5.41) is 8.75. The Balaban J connectivity index is 2.17. The van der Waals surface area contributed by atoms with Crippen molar-refractivity contribution in [2.45, 2.75) is 0 Å². The van der Waals surface area contributed by atoms with Gasteiger partial charge in [-0.25, -0.2) is 4.98 Å². The third-order valence-electron chi connectivity index (χ3n) is 2.65. The van der Waals surface area contributed by atoms with E-state index in [1.807, 2.05) is 41.0 Å². The molecule has 0 N–H and O–H groups in total. The minimum absolute atomic E-state index is 0.651. The highest BCUT2D eigenvalue weighted by atomic mass is 15.0. The zero-order valence-corrected chi connectivity index (χ0v) is 8.96. The molecule has 0 spiro atoms. The second kappa shape index (κ2) is 3.76. The summed E-state index contributed by atoms with van der Waals surface area (Å²) in [6, 6.07) is 17.3. The zero-order chi connectivity index (χ0) is 11.7. The number of para-hydroxylation sites is 2. The van der Waals surface area contributed by atoms with Crippen molar-refractivity contribution in [2.24, 2.45) is 0 Å². The van der Waals surface area contributed by atoms with E-state index in [-0.39, 0.29) is 0 Å². The van der Waals surface area contributed by atoms with Crippen LogP contribution in [0.25, 0.3) is 16.7 Å². The normalized spacial score (nSPS) is 10.3. The molecule has 0 unspecified atom stereocenters. The number of nitriles is 1. The van der Waals surface area contributed by atoms with Crippen molar-refractivity contribution in [1.29, 1.82) is 5.26 Å². The van der Waals surface area contributed by atoms with Crippen LogP contribution in [0, 0.1) is 17.7 Å². The number of rotatable bonds is 1. The molecule has 0 saturated heterocycles. The van der Waals surface area contributed by atoms with Gasteiger partial charge in [-0.05, 0) is 36.4 Å². The Labute approximate surface area is 98.6 Å². The Morgan fingerprint density at radius 3 is 2.59 bits per heavy atom. The van der Waals surface area contributed by atoms with E-state index in [2.05, 4.69) is 17.4 Å². The number of imidazole rings is 1. The lowest BCUT2D eigenvalue weighted by Gasteiger charge is -2.02. The monoisotopic (exact) mass is 218 g/mol. The first-order valence-electron chi connectivity index (χ1n) is 5.24. The standard InChI is InChI=1S/C14H8N3/c15-9-11-5-7-12(8-6-11)17-10-16-13-3-1-2-4-14(13)17/h1-8H. The van der Waals surface area contributed by atoms with Crippen LogP contribution in [-0.2, 0) is 0 Å². The largest absolute Gasteiger partial charge is 0.290 e. The molecule has 1 heterocycles. The molecular formula is C14H8N3. The van der Waals surface area contributed by atoms with Crippen LogP contribution in [0.1, 0.15) is 5.56 Å². The Morgan fingerprint density at radius 2 is 1.82 bits per heavy atom. The van der Waals surface area contributed by atoms with E-state index < -0.39 is 0 Å². The molecule has 2 aromatic carbocycles. The quantitative estimate of drug-likeness (QED) is 0.630. The highest BCUT2D eigenvalue weighted by Gasteiger charge is 2.03. The summed E-state index contributed by atoms with van der Waals surface area (Å²) in [5.41, 5.74) is 3.53. The first-order valence-corrected chi connectivity index (χ1v) is 5.24. The number of aromatic nitrogens is 2. The summed E-state index contributed by atoms with van der Waals surface area (Å²) >= 11 is 0. The van der Waals surface area contributed by atoms with Gasteiger partial charge in [0.15, 0.2) is 6.33 Å². The van der Waals surface area contributed by atoms with Gasteiger partial charge in [0, 0.05) is 5.69 Å². The first kappa shape index (κ1) is 9.61. The molecule has 0 aliphatic heterocycles. The van der Waals surface area contributed by atoms with Gasteiger partial charge in [-0.2, -0.15) is 5.26 Å². The van der Waals surface area contributed by atoms with E-state index in [0.29, 0.717) is 5.56 Å². The maximum Gasteiger partial charge on any atom is 0.182 e. The van der Waals surface area contributed by atoms with E-state index in [9.17, 15) is 0 Å². The van der Waals surface area contributed by atoms with Crippen LogP contribution in [0.4, 0.5) is 0 Å².